The molecule has 0 spiro atoms. The second-order valence-corrected chi connectivity index (χ2v) is 4.39. The van der Waals surface area contributed by atoms with Crippen LogP contribution in [0.3, 0.4) is 0 Å². The molecule has 0 aromatic rings. The minimum absolute atomic E-state index is 0. The monoisotopic (exact) mass is 276 g/mol. The summed E-state index contributed by atoms with van der Waals surface area (Å²) in [6.07, 6.45) is 1.13. The Morgan fingerprint density at radius 2 is 1.60 bits per heavy atom. The van der Waals surface area contributed by atoms with Gasteiger partial charge in [-0.15, -0.1) is 36.4 Å². The molecule has 0 saturated carbocycles. The fourth-order valence-corrected chi connectivity index (χ4v) is 1.91. The van der Waals surface area contributed by atoms with Gasteiger partial charge in [-0.3, -0.25) is 4.90 Å². The molecule has 1 saturated heterocycles. The lowest BCUT2D eigenvalue weighted by molar-refractivity contribution is 0.109. The second kappa shape index (κ2) is 9.98. The van der Waals surface area contributed by atoms with E-state index >= 15 is 0 Å². The molecule has 0 unspecified atom stereocenters. The predicted octanol–water partition coefficient (Wildman–Crippen LogP) is 2.48. The van der Waals surface area contributed by atoms with Gasteiger partial charge in [0.05, 0.1) is 0 Å². The average molecular weight is 278 g/mol. The summed E-state index contributed by atoms with van der Waals surface area (Å²) in [5, 5.41) is 0. The van der Waals surface area contributed by atoms with Gasteiger partial charge in [-0.1, -0.05) is 0 Å². The first-order valence-corrected chi connectivity index (χ1v) is 5.80. The Balaban J connectivity index is 0. The molecular weight excluding hydrogens is 254 g/mol. The van der Waals surface area contributed by atoms with Crippen molar-refractivity contribution in [3.63, 3.8) is 0 Å². The molecule has 94 valence electrons. The Labute approximate surface area is 111 Å². The first-order valence-electron chi connectivity index (χ1n) is 5.26. The standard InChI is InChI=1S/C10H21ClN2.2ClH/c1-10(2)13-8-6-12(7-9-13)5-3-4-11;;/h10H,3-9H2,1-2H3;2*1H. The number of alkyl halides is 1. The van der Waals surface area contributed by atoms with Gasteiger partial charge in [0, 0.05) is 38.1 Å². The van der Waals surface area contributed by atoms with Crippen LogP contribution in [0.5, 0.6) is 0 Å². The molecular formula is C10H23Cl3N2. The highest BCUT2D eigenvalue weighted by Gasteiger charge is 2.17. The van der Waals surface area contributed by atoms with Crippen LogP contribution in [0.1, 0.15) is 20.3 Å². The van der Waals surface area contributed by atoms with Crippen LogP contribution < -0.4 is 0 Å². The van der Waals surface area contributed by atoms with Gasteiger partial charge >= 0.3 is 0 Å². The van der Waals surface area contributed by atoms with Crippen LogP contribution in [0.25, 0.3) is 0 Å². The third-order valence-corrected chi connectivity index (χ3v) is 3.01. The Bertz CT molecular complexity index is 137. The lowest BCUT2D eigenvalue weighted by atomic mass is 10.2. The van der Waals surface area contributed by atoms with E-state index in [0.29, 0.717) is 6.04 Å². The summed E-state index contributed by atoms with van der Waals surface area (Å²) in [5.74, 6) is 0.796. The van der Waals surface area contributed by atoms with Crippen LogP contribution in [0, 0.1) is 0 Å². The van der Waals surface area contributed by atoms with Crippen LogP contribution >= 0.6 is 36.4 Å². The van der Waals surface area contributed by atoms with Crippen molar-refractivity contribution in [2.75, 3.05) is 38.6 Å². The Morgan fingerprint density at radius 1 is 1.07 bits per heavy atom. The number of nitrogens with zero attached hydrogens (tertiary/aromatic N) is 2. The topological polar surface area (TPSA) is 6.48 Å². The van der Waals surface area contributed by atoms with Gasteiger partial charge in [0.2, 0.25) is 0 Å². The highest BCUT2D eigenvalue weighted by molar-refractivity contribution is 6.17. The van der Waals surface area contributed by atoms with Crippen molar-refractivity contribution in [2.24, 2.45) is 0 Å². The molecule has 1 heterocycles. The molecule has 1 aliphatic rings. The summed E-state index contributed by atoms with van der Waals surface area (Å²) in [5.41, 5.74) is 0. The van der Waals surface area contributed by atoms with Crippen molar-refractivity contribution in [3.8, 4) is 0 Å². The zero-order valence-electron chi connectivity index (χ0n) is 9.62. The van der Waals surface area contributed by atoms with Crippen LogP contribution in [0.4, 0.5) is 0 Å². The lowest BCUT2D eigenvalue weighted by Crippen LogP contribution is -2.48. The van der Waals surface area contributed by atoms with Crippen LogP contribution in [0.2, 0.25) is 0 Å². The molecule has 0 radical (unpaired) electrons. The zero-order valence-corrected chi connectivity index (χ0v) is 12.0. The fourth-order valence-electron chi connectivity index (χ4n) is 1.79. The Hall–Kier alpha value is 0.790. The number of hydrogen-bond donors (Lipinski definition) is 0. The SMILES string of the molecule is CC(C)N1CCN(CCCCl)CC1.Cl.Cl. The van der Waals surface area contributed by atoms with Gasteiger partial charge in [-0.25, -0.2) is 0 Å². The number of halogens is 3. The minimum Gasteiger partial charge on any atom is -0.301 e. The Kier molecular flexibility index (Phi) is 12.1. The largest absolute Gasteiger partial charge is 0.301 e. The van der Waals surface area contributed by atoms with Gasteiger partial charge in [0.25, 0.3) is 0 Å². The molecule has 1 aliphatic heterocycles. The second-order valence-electron chi connectivity index (χ2n) is 4.01. The zero-order chi connectivity index (χ0) is 9.68. The van der Waals surface area contributed by atoms with E-state index in [1.807, 2.05) is 0 Å². The lowest BCUT2D eigenvalue weighted by Gasteiger charge is -2.36. The molecule has 0 N–H and O–H groups in total. The smallest absolute Gasteiger partial charge is 0.0235 e. The van der Waals surface area contributed by atoms with E-state index in [1.54, 1.807) is 0 Å². The molecule has 15 heavy (non-hydrogen) atoms. The van der Waals surface area contributed by atoms with E-state index in [2.05, 4.69) is 23.6 Å². The summed E-state index contributed by atoms with van der Waals surface area (Å²) < 4.78 is 0. The van der Waals surface area contributed by atoms with Gasteiger partial charge in [-0.2, -0.15) is 0 Å². The van der Waals surface area contributed by atoms with E-state index in [4.69, 9.17) is 11.6 Å². The van der Waals surface area contributed by atoms with Crippen LogP contribution in [-0.4, -0.2) is 54.4 Å². The van der Waals surface area contributed by atoms with Crippen molar-refractivity contribution in [1.29, 1.82) is 0 Å². The van der Waals surface area contributed by atoms with E-state index in [-0.39, 0.29) is 24.8 Å². The molecule has 2 nitrogen and oxygen atoms in total. The normalized spacial score (nSPS) is 18.4. The Morgan fingerprint density at radius 3 is 2.00 bits per heavy atom. The highest BCUT2D eigenvalue weighted by Crippen LogP contribution is 2.06. The average Bonchev–Trinajstić information content (AvgIpc) is 2.15. The quantitative estimate of drug-likeness (QED) is 0.729. The highest BCUT2D eigenvalue weighted by atomic mass is 35.5. The van der Waals surface area contributed by atoms with Crippen molar-refractivity contribution < 1.29 is 0 Å². The summed E-state index contributed by atoms with van der Waals surface area (Å²) in [4.78, 5) is 5.05. The minimum atomic E-state index is 0. The number of rotatable bonds is 4. The molecule has 0 aliphatic carbocycles. The maximum atomic E-state index is 5.66. The van der Waals surface area contributed by atoms with E-state index in [1.165, 1.54) is 32.7 Å². The summed E-state index contributed by atoms with van der Waals surface area (Å²) in [7, 11) is 0. The molecule has 0 aromatic carbocycles. The van der Waals surface area contributed by atoms with Crippen molar-refractivity contribution in [1.82, 2.24) is 9.80 Å². The summed E-state index contributed by atoms with van der Waals surface area (Å²) >= 11 is 5.66. The van der Waals surface area contributed by atoms with E-state index in [9.17, 15) is 0 Å². The van der Waals surface area contributed by atoms with Gasteiger partial charge < -0.3 is 4.90 Å². The maximum absolute atomic E-state index is 5.66. The fraction of sp³-hybridized carbons (Fsp3) is 1.00. The molecule has 1 rings (SSSR count). The van der Waals surface area contributed by atoms with Crippen molar-refractivity contribution >= 4 is 36.4 Å². The molecule has 1 fully saturated rings. The van der Waals surface area contributed by atoms with E-state index in [0.717, 1.165) is 12.3 Å². The van der Waals surface area contributed by atoms with Gasteiger partial charge in [0.1, 0.15) is 0 Å². The summed E-state index contributed by atoms with van der Waals surface area (Å²) in [6.45, 7) is 10.6. The maximum Gasteiger partial charge on any atom is 0.0235 e. The molecule has 0 bridgehead atoms. The summed E-state index contributed by atoms with van der Waals surface area (Å²) in [6, 6.07) is 0.704. The van der Waals surface area contributed by atoms with Crippen molar-refractivity contribution in [2.45, 2.75) is 26.3 Å². The third-order valence-electron chi connectivity index (χ3n) is 2.75. The van der Waals surface area contributed by atoms with Gasteiger partial charge in [0.15, 0.2) is 0 Å². The number of piperazine rings is 1. The number of hydrogen-bond acceptors (Lipinski definition) is 2. The van der Waals surface area contributed by atoms with Crippen LogP contribution in [-0.2, 0) is 0 Å². The first kappa shape index (κ1) is 18.2. The van der Waals surface area contributed by atoms with Crippen LogP contribution in [0.15, 0.2) is 0 Å². The van der Waals surface area contributed by atoms with Gasteiger partial charge in [-0.05, 0) is 26.8 Å². The molecule has 0 amide bonds. The molecule has 5 heteroatoms. The predicted molar refractivity (Wildman–Crippen MR) is 73.0 cm³/mol. The first-order chi connectivity index (χ1) is 6.24. The molecule has 0 atom stereocenters. The van der Waals surface area contributed by atoms with E-state index < -0.39 is 0 Å². The van der Waals surface area contributed by atoms with Crippen molar-refractivity contribution in [3.05, 3.63) is 0 Å². The molecule has 0 aromatic heterocycles. The third kappa shape index (κ3) is 6.85.